The van der Waals surface area contributed by atoms with Crippen LogP contribution in [0.4, 0.5) is 0 Å². The summed E-state index contributed by atoms with van der Waals surface area (Å²) < 4.78 is 0. The fraction of sp³-hybridized carbons (Fsp3) is 0.235. The van der Waals surface area contributed by atoms with Gasteiger partial charge in [-0.1, -0.05) is 18.2 Å². The first kappa shape index (κ1) is 14.3. The number of benzene rings is 1. The summed E-state index contributed by atoms with van der Waals surface area (Å²) in [5, 5.41) is 11.7. The van der Waals surface area contributed by atoms with Crippen molar-refractivity contribution in [2.45, 2.75) is 18.9 Å². The van der Waals surface area contributed by atoms with Gasteiger partial charge in [-0.3, -0.25) is 14.6 Å². The minimum atomic E-state index is -0.748. The third kappa shape index (κ3) is 3.14. The molecule has 2 atom stereocenters. The molecule has 1 aliphatic carbocycles. The van der Waals surface area contributed by atoms with E-state index < -0.39 is 5.97 Å². The number of nitrogens with zero attached hydrogens (tertiary/aromatic N) is 1. The molecule has 1 fully saturated rings. The largest absolute Gasteiger partial charge is 0.481 e. The van der Waals surface area contributed by atoms with Gasteiger partial charge >= 0.3 is 5.97 Å². The van der Waals surface area contributed by atoms with E-state index in [1.165, 1.54) is 0 Å². The van der Waals surface area contributed by atoms with Crippen LogP contribution in [0.15, 0.2) is 48.7 Å². The molecule has 0 bridgehead atoms. The first-order valence-electron chi connectivity index (χ1n) is 7.16. The molecule has 1 aliphatic rings. The molecule has 0 radical (unpaired) electrons. The predicted octanol–water partition coefficient (Wildman–Crippen LogP) is 2.20. The van der Waals surface area contributed by atoms with Crippen LogP contribution in [0.1, 0.15) is 34.0 Å². The zero-order valence-corrected chi connectivity index (χ0v) is 11.9. The number of aliphatic carboxylic acids is 1. The number of hydrogen-bond donors (Lipinski definition) is 2. The van der Waals surface area contributed by atoms with Gasteiger partial charge in [-0.2, -0.15) is 0 Å². The molecular weight excluding hydrogens is 280 g/mol. The maximum Gasteiger partial charge on any atom is 0.307 e. The van der Waals surface area contributed by atoms with E-state index in [9.17, 15) is 9.59 Å². The van der Waals surface area contributed by atoms with Gasteiger partial charge in [-0.25, -0.2) is 0 Å². The Kier molecular flexibility index (Phi) is 3.87. The van der Waals surface area contributed by atoms with Crippen LogP contribution in [-0.2, 0) is 11.3 Å². The summed E-state index contributed by atoms with van der Waals surface area (Å²) in [6.45, 7) is 0.380. The molecule has 22 heavy (non-hydrogen) atoms. The van der Waals surface area contributed by atoms with Crippen molar-refractivity contribution in [3.8, 4) is 0 Å². The van der Waals surface area contributed by atoms with Crippen molar-refractivity contribution >= 4 is 11.9 Å². The number of aromatic nitrogens is 1. The van der Waals surface area contributed by atoms with Gasteiger partial charge in [0.1, 0.15) is 0 Å². The molecule has 1 aromatic carbocycles. The number of nitrogens with one attached hydrogen (secondary N) is 1. The summed E-state index contributed by atoms with van der Waals surface area (Å²) in [6, 6.07) is 12.7. The fourth-order valence-electron chi connectivity index (χ4n) is 2.49. The highest BCUT2D eigenvalue weighted by Gasteiger charge is 2.44. The molecule has 5 heteroatoms. The van der Waals surface area contributed by atoms with Gasteiger partial charge in [0.05, 0.1) is 18.2 Å². The SMILES string of the molecule is O=C(NCc1ccccn1)c1ccc(C2CC2C(=O)O)cc1. The van der Waals surface area contributed by atoms with E-state index in [2.05, 4.69) is 10.3 Å². The summed E-state index contributed by atoms with van der Waals surface area (Å²) in [5.74, 6) is -1.10. The Bertz CT molecular complexity index is 683. The molecule has 0 spiro atoms. The van der Waals surface area contributed by atoms with Crippen molar-refractivity contribution in [1.29, 1.82) is 0 Å². The van der Waals surface area contributed by atoms with Crippen LogP contribution < -0.4 is 5.32 Å². The van der Waals surface area contributed by atoms with Crippen molar-refractivity contribution in [3.05, 3.63) is 65.5 Å². The molecule has 0 saturated heterocycles. The lowest BCUT2D eigenvalue weighted by Crippen LogP contribution is -2.23. The first-order valence-corrected chi connectivity index (χ1v) is 7.16. The van der Waals surface area contributed by atoms with Gasteiger partial charge in [0, 0.05) is 11.8 Å². The fourth-order valence-corrected chi connectivity index (χ4v) is 2.49. The molecule has 1 heterocycles. The number of carbonyl (C=O) groups excluding carboxylic acids is 1. The number of carboxylic acids is 1. The van der Waals surface area contributed by atoms with Crippen LogP contribution in [0.2, 0.25) is 0 Å². The van der Waals surface area contributed by atoms with E-state index in [1.807, 2.05) is 30.3 Å². The van der Waals surface area contributed by atoms with E-state index >= 15 is 0 Å². The maximum absolute atomic E-state index is 12.1. The van der Waals surface area contributed by atoms with E-state index in [4.69, 9.17) is 5.11 Å². The van der Waals surface area contributed by atoms with Crippen molar-refractivity contribution < 1.29 is 14.7 Å². The summed E-state index contributed by atoms with van der Waals surface area (Å²) >= 11 is 0. The summed E-state index contributed by atoms with van der Waals surface area (Å²) in [4.78, 5) is 27.1. The third-order valence-electron chi connectivity index (χ3n) is 3.86. The normalized spacial score (nSPS) is 19.5. The Hall–Kier alpha value is -2.69. The Morgan fingerprint density at radius 1 is 1.18 bits per heavy atom. The van der Waals surface area contributed by atoms with E-state index in [-0.39, 0.29) is 17.7 Å². The van der Waals surface area contributed by atoms with E-state index in [0.717, 1.165) is 11.3 Å². The van der Waals surface area contributed by atoms with Crippen LogP contribution in [0.25, 0.3) is 0 Å². The van der Waals surface area contributed by atoms with Gasteiger partial charge in [0.2, 0.25) is 0 Å². The van der Waals surface area contributed by atoms with Crippen molar-refractivity contribution in [2.75, 3.05) is 0 Å². The average Bonchev–Trinajstić information content (AvgIpc) is 3.35. The number of amides is 1. The number of hydrogen-bond acceptors (Lipinski definition) is 3. The summed E-state index contributed by atoms with van der Waals surface area (Å²) in [6.07, 6.45) is 2.37. The summed E-state index contributed by atoms with van der Waals surface area (Å²) in [5.41, 5.74) is 2.34. The Balaban J connectivity index is 1.58. The molecular formula is C17H16N2O3. The summed E-state index contributed by atoms with van der Waals surface area (Å²) in [7, 11) is 0. The number of pyridine rings is 1. The van der Waals surface area contributed by atoms with Crippen molar-refractivity contribution in [3.63, 3.8) is 0 Å². The Morgan fingerprint density at radius 2 is 1.95 bits per heavy atom. The lowest BCUT2D eigenvalue weighted by Gasteiger charge is -2.06. The standard InChI is InChI=1S/C17H16N2O3/c20-16(19-10-13-3-1-2-8-18-13)12-6-4-11(5-7-12)14-9-15(14)17(21)22/h1-8,14-15H,9-10H2,(H,19,20)(H,21,22). The van der Waals surface area contributed by atoms with Crippen LogP contribution >= 0.6 is 0 Å². The lowest BCUT2D eigenvalue weighted by molar-refractivity contribution is -0.138. The third-order valence-corrected chi connectivity index (χ3v) is 3.86. The second kappa shape index (κ2) is 5.97. The zero-order chi connectivity index (χ0) is 15.5. The monoisotopic (exact) mass is 296 g/mol. The maximum atomic E-state index is 12.1. The molecule has 112 valence electrons. The lowest BCUT2D eigenvalue weighted by atomic mass is 10.1. The van der Waals surface area contributed by atoms with Crippen LogP contribution in [0.5, 0.6) is 0 Å². The molecule has 5 nitrogen and oxygen atoms in total. The minimum Gasteiger partial charge on any atom is -0.481 e. The molecule has 0 aliphatic heterocycles. The van der Waals surface area contributed by atoms with Gasteiger partial charge in [0.15, 0.2) is 0 Å². The topological polar surface area (TPSA) is 79.3 Å². The van der Waals surface area contributed by atoms with Crippen LogP contribution in [-0.4, -0.2) is 22.0 Å². The highest BCUT2D eigenvalue weighted by Crippen LogP contribution is 2.47. The van der Waals surface area contributed by atoms with E-state index in [0.29, 0.717) is 18.5 Å². The highest BCUT2D eigenvalue weighted by molar-refractivity contribution is 5.94. The van der Waals surface area contributed by atoms with Gasteiger partial charge in [-0.15, -0.1) is 0 Å². The number of rotatable bonds is 5. The van der Waals surface area contributed by atoms with Crippen LogP contribution in [0, 0.1) is 5.92 Å². The predicted molar refractivity (Wildman–Crippen MR) is 80.3 cm³/mol. The second-order valence-corrected chi connectivity index (χ2v) is 5.41. The second-order valence-electron chi connectivity index (χ2n) is 5.41. The molecule has 1 aromatic heterocycles. The highest BCUT2D eigenvalue weighted by atomic mass is 16.4. The number of carboxylic acid groups (broad SMARTS) is 1. The Morgan fingerprint density at radius 3 is 2.55 bits per heavy atom. The molecule has 3 rings (SSSR count). The van der Waals surface area contributed by atoms with Gasteiger partial charge in [0.25, 0.3) is 5.91 Å². The number of carbonyl (C=O) groups is 2. The average molecular weight is 296 g/mol. The van der Waals surface area contributed by atoms with Crippen molar-refractivity contribution in [1.82, 2.24) is 10.3 Å². The minimum absolute atomic E-state index is 0.0862. The van der Waals surface area contributed by atoms with Gasteiger partial charge < -0.3 is 10.4 Å². The van der Waals surface area contributed by atoms with E-state index in [1.54, 1.807) is 18.3 Å². The quantitative estimate of drug-likeness (QED) is 0.886. The van der Waals surface area contributed by atoms with Gasteiger partial charge in [-0.05, 0) is 42.2 Å². The molecule has 2 N–H and O–H groups in total. The first-order chi connectivity index (χ1) is 10.6. The Labute approximate surface area is 128 Å². The molecule has 2 aromatic rings. The van der Waals surface area contributed by atoms with Crippen LogP contribution in [0.3, 0.4) is 0 Å². The molecule has 1 saturated carbocycles. The smallest absolute Gasteiger partial charge is 0.307 e. The van der Waals surface area contributed by atoms with Crippen molar-refractivity contribution in [2.24, 2.45) is 5.92 Å². The molecule has 2 unspecified atom stereocenters. The molecule has 1 amide bonds. The zero-order valence-electron chi connectivity index (χ0n) is 11.9.